The van der Waals surface area contributed by atoms with E-state index in [-0.39, 0.29) is 11.5 Å². The van der Waals surface area contributed by atoms with Crippen LogP contribution in [-0.4, -0.2) is 36.6 Å². The van der Waals surface area contributed by atoms with Crippen molar-refractivity contribution in [2.24, 2.45) is 0 Å². The van der Waals surface area contributed by atoms with Crippen LogP contribution in [0.2, 0.25) is 0 Å². The fourth-order valence-corrected chi connectivity index (χ4v) is 3.36. The molecule has 0 saturated carbocycles. The van der Waals surface area contributed by atoms with Gasteiger partial charge in [0.15, 0.2) is 6.61 Å². The molecule has 172 valence electrons. The van der Waals surface area contributed by atoms with Gasteiger partial charge in [-0.2, -0.15) is 8.78 Å². The predicted molar refractivity (Wildman–Crippen MR) is 119 cm³/mol. The number of carbonyl (C=O) groups excluding carboxylic acids is 2. The van der Waals surface area contributed by atoms with Gasteiger partial charge in [-0.3, -0.25) is 4.79 Å². The number of benzene rings is 2. The number of halogens is 2. The molecule has 1 heterocycles. The Bertz CT molecular complexity index is 1150. The molecule has 0 amide bonds. The molecule has 0 saturated heterocycles. The molecular weight excluding hydrogens is 432 g/mol. The van der Waals surface area contributed by atoms with Crippen molar-refractivity contribution in [3.8, 4) is 17.2 Å². The molecule has 33 heavy (non-hydrogen) atoms. The molecule has 2 aromatic carbocycles. The zero-order valence-electron chi connectivity index (χ0n) is 18.4. The highest BCUT2D eigenvalue weighted by molar-refractivity contribution is 6.00. The summed E-state index contributed by atoms with van der Waals surface area (Å²) in [6.07, 6.45) is 2.83. The second-order valence-electron chi connectivity index (χ2n) is 7.13. The minimum Gasteiger partial charge on any atom is -0.497 e. The van der Waals surface area contributed by atoms with E-state index >= 15 is 0 Å². The number of alkyl halides is 2. The Kier molecular flexibility index (Phi) is 7.61. The number of hydrogen-bond donors (Lipinski definition) is 0. The normalized spacial score (nSPS) is 11.1. The van der Waals surface area contributed by atoms with Gasteiger partial charge in [0.2, 0.25) is 5.78 Å². The average Bonchev–Trinajstić information content (AvgIpc) is 3.10. The first-order chi connectivity index (χ1) is 15.8. The van der Waals surface area contributed by atoms with Crippen molar-refractivity contribution >= 4 is 17.8 Å². The highest BCUT2D eigenvalue weighted by atomic mass is 19.3. The van der Waals surface area contributed by atoms with Gasteiger partial charge in [0, 0.05) is 28.7 Å². The van der Waals surface area contributed by atoms with Crippen molar-refractivity contribution in [1.29, 1.82) is 0 Å². The first-order valence-electron chi connectivity index (χ1n) is 10.0. The molecule has 6 nitrogen and oxygen atoms in total. The van der Waals surface area contributed by atoms with Crippen LogP contribution in [0.25, 0.3) is 11.8 Å². The van der Waals surface area contributed by atoms with Gasteiger partial charge in [0.05, 0.1) is 7.11 Å². The van der Waals surface area contributed by atoms with Crippen LogP contribution in [0, 0.1) is 13.8 Å². The summed E-state index contributed by atoms with van der Waals surface area (Å²) in [5.74, 6) is -0.238. The summed E-state index contributed by atoms with van der Waals surface area (Å²) >= 11 is 0. The Labute approximate surface area is 190 Å². The Morgan fingerprint density at radius 3 is 2.24 bits per heavy atom. The SMILES string of the molecule is COc1ccc(C=CC(=O)OCC(=O)c2cc(C)n(-c3ccc(OC(F)F)cc3)c2C)cc1. The third-order valence-electron chi connectivity index (χ3n) is 4.92. The van der Waals surface area contributed by atoms with Crippen molar-refractivity contribution in [3.05, 3.63) is 83.2 Å². The summed E-state index contributed by atoms with van der Waals surface area (Å²) in [6.45, 7) is 0.271. The number of hydrogen-bond acceptors (Lipinski definition) is 5. The van der Waals surface area contributed by atoms with E-state index in [2.05, 4.69) is 4.74 Å². The van der Waals surface area contributed by atoms with Crippen molar-refractivity contribution in [1.82, 2.24) is 4.57 Å². The molecule has 1 aromatic heterocycles. The van der Waals surface area contributed by atoms with Gasteiger partial charge >= 0.3 is 12.6 Å². The summed E-state index contributed by atoms with van der Waals surface area (Å²) in [6, 6.07) is 14.9. The Morgan fingerprint density at radius 1 is 1.00 bits per heavy atom. The smallest absolute Gasteiger partial charge is 0.387 e. The van der Waals surface area contributed by atoms with E-state index in [0.29, 0.717) is 22.7 Å². The Morgan fingerprint density at radius 2 is 1.64 bits per heavy atom. The monoisotopic (exact) mass is 455 g/mol. The summed E-state index contributed by atoms with van der Waals surface area (Å²) in [7, 11) is 1.57. The van der Waals surface area contributed by atoms with Gasteiger partial charge in [-0.05, 0) is 68.0 Å². The van der Waals surface area contributed by atoms with Crippen molar-refractivity contribution in [2.75, 3.05) is 13.7 Å². The third-order valence-corrected chi connectivity index (χ3v) is 4.92. The quantitative estimate of drug-likeness (QED) is 0.254. The van der Waals surface area contributed by atoms with E-state index in [1.165, 1.54) is 18.2 Å². The zero-order valence-corrected chi connectivity index (χ0v) is 18.4. The number of methoxy groups -OCH3 is 1. The van der Waals surface area contributed by atoms with Crippen LogP contribution >= 0.6 is 0 Å². The van der Waals surface area contributed by atoms with Crippen LogP contribution in [0.5, 0.6) is 11.5 Å². The summed E-state index contributed by atoms with van der Waals surface area (Å²) in [5.41, 5.74) is 3.29. The minimum atomic E-state index is -2.90. The molecule has 0 radical (unpaired) electrons. The average molecular weight is 455 g/mol. The number of esters is 1. The molecule has 0 N–H and O–H groups in total. The predicted octanol–water partition coefficient (Wildman–Crippen LogP) is 5.14. The number of carbonyl (C=O) groups is 2. The number of ketones is 1. The fraction of sp³-hybridized carbons (Fsp3) is 0.200. The summed E-state index contributed by atoms with van der Waals surface area (Å²) in [4.78, 5) is 24.7. The number of aryl methyl sites for hydroxylation is 1. The first-order valence-corrected chi connectivity index (χ1v) is 10.0. The van der Waals surface area contributed by atoms with Gasteiger partial charge in [0.1, 0.15) is 11.5 Å². The number of aromatic nitrogens is 1. The summed E-state index contributed by atoms with van der Waals surface area (Å²) < 4.78 is 41.0. The van der Waals surface area contributed by atoms with Crippen LogP contribution in [0.3, 0.4) is 0 Å². The topological polar surface area (TPSA) is 66.8 Å². The number of nitrogens with zero attached hydrogens (tertiary/aromatic N) is 1. The zero-order chi connectivity index (χ0) is 24.0. The Hall–Kier alpha value is -3.94. The van der Waals surface area contributed by atoms with Crippen LogP contribution < -0.4 is 9.47 Å². The largest absolute Gasteiger partial charge is 0.497 e. The Balaban J connectivity index is 1.64. The van der Waals surface area contributed by atoms with Gasteiger partial charge in [0.25, 0.3) is 0 Å². The maximum absolute atomic E-state index is 12.7. The lowest BCUT2D eigenvalue weighted by atomic mass is 10.1. The van der Waals surface area contributed by atoms with Gasteiger partial charge in [-0.25, -0.2) is 4.79 Å². The first kappa shape index (κ1) is 23.7. The molecule has 0 aliphatic heterocycles. The lowest BCUT2D eigenvalue weighted by Gasteiger charge is -2.11. The lowest BCUT2D eigenvalue weighted by molar-refractivity contribution is -0.136. The van der Waals surface area contributed by atoms with Crippen LogP contribution in [-0.2, 0) is 9.53 Å². The summed E-state index contributed by atoms with van der Waals surface area (Å²) in [5, 5.41) is 0. The van der Waals surface area contributed by atoms with Gasteiger partial charge in [-0.15, -0.1) is 0 Å². The van der Waals surface area contributed by atoms with Gasteiger partial charge in [-0.1, -0.05) is 12.1 Å². The van der Waals surface area contributed by atoms with E-state index in [4.69, 9.17) is 9.47 Å². The molecule has 0 spiro atoms. The van der Waals surface area contributed by atoms with Crippen LogP contribution in [0.15, 0.2) is 60.7 Å². The van der Waals surface area contributed by atoms with Crippen molar-refractivity contribution < 1.29 is 32.6 Å². The maximum Gasteiger partial charge on any atom is 0.387 e. The van der Waals surface area contributed by atoms with E-state index < -0.39 is 19.2 Å². The number of rotatable bonds is 9. The molecule has 0 aliphatic carbocycles. The molecule has 0 bridgehead atoms. The fourth-order valence-electron chi connectivity index (χ4n) is 3.36. The molecule has 0 unspecified atom stereocenters. The van der Waals surface area contributed by atoms with E-state index in [0.717, 1.165) is 11.3 Å². The van der Waals surface area contributed by atoms with Crippen molar-refractivity contribution in [3.63, 3.8) is 0 Å². The van der Waals surface area contributed by atoms with Gasteiger partial charge < -0.3 is 18.8 Å². The molecule has 0 atom stereocenters. The van der Waals surface area contributed by atoms with E-state index in [9.17, 15) is 18.4 Å². The highest BCUT2D eigenvalue weighted by Crippen LogP contribution is 2.24. The second kappa shape index (κ2) is 10.6. The van der Waals surface area contributed by atoms with E-state index in [1.54, 1.807) is 62.6 Å². The van der Waals surface area contributed by atoms with E-state index in [1.807, 2.05) is 11.5 Å². The molecule has 0 aliphatic rings. The minimum absolute atomic E-state index is 0.0436. The molecule has 0 fully saturated rings. The highest BCUT2D eigenvalue weighted by Gasteiger charge is 2.18. The van der Waals surface area contributed by atoms with Crippen molar-refractivity contribution in [2.45, 2.75) is 20.5 Å². The van der Waals surface area contributed by atoms with Crippen LogP contribution in [0.1, 0.15) is 27.3 Å². The van der Waals surface area contributed by atoms with Crippen LogP contribution in [0.4, 0.5) is 8.78 Å². The molecule has 3 rings (SSSR count). The third kappa shape index (κ3) is 6.06. The molecular formula is C25H23F2NO5. The molecule has 8 heteroatoms. The second-order valence-corrected chi connectivity index (χ2v) is 7.13. The molecule has 3 aromatic rings. The maximum atomic E-state index is 12.7. The number of ether oxygens (including phenoxy) is 3. The lowest BCUT2D eigenvalue weighted by Crippen LogP contribution is -2.13. The standard InChI is InChI=1S/C25H23F2NO5/c1-16-14-22(17(2)28(16)19-7-11-21(12-8-19)33-25(26)27)23(29)15-32-24(30)13-6-18-4-9-20(31-3)10-5-18/h4-14,25H,15H2,1-3H3. The number of Topliss-reactive ketones (excluding diaryl/α,β-unsaturated/α-hetero) is 1.